The van der Waals surface area contributed by atoms with Crippen LogP contribution in [0.25, 0.3) is 33.1 Å². The van der Waals surface area contributed by atoms with Gasteiger partial charge in [0.1, 0.15) is 12.1 Å². The third kappa shape index (κ3) is 3.09. The molecule has 29 heavy (non-hydrogen) atoms. The Hall–Kier alpha value is -3.15. The minimum absolute atomic E-state index is 0.0693. The molecule has 2 heterocycles. The van der Waals surface area contributed by atoms with Gasteiger partial charge >= 0.3 is 0 Å². The van der Waals surface area contributed by atoms with Gasteiger partial charge in [0, 0.05) is 5.39 Å². The Kier molecular flexibility index (Phi) is 4.34. The van der Waals surface area contributed by atoms with Crippen molar-refractivity contribution in [3.8, 4) is 0 Å². The van der Waals surface area contributed by atoms with Crippen molar-refractivity contribution < 1.29 is 4.79 Å². The number of anilines is 1. The van der Waals surface area contributed by atoms with Crippen LogP contribution in [0.1, 0.15) is 0 Å². The van der Waals surface area contributed by atoms with E-state index in [1.165, 1.54) is 0 Å². The SMILES string of the molecule is O=C(Cn1c2ccccc2c2nc3ccccc3nc21)Nc1cccc(Cl)c1Cl. The Balaban J connectivity index is 1.62. The minimum Gasteiger partial charge on any atom is -0.323 e. The molecule has 1 N–H and O–H groups in total. The highest BCUT2D eigenvalue weighted by atomic mass is 35.5. The van der Waals surface area contributed by atoms with E-state index in [4.69, 9.17) is 33.2 Å². The lowest BCUT2D eigenvalue weighted by Crippen LogP contribution is -2.19. The molecule has 5 aromatic rings. The molecule has 5 rings (SSSR count). The van der Waals surface area contributed by atoms with E-state index in [9.17, 15) is 4.79 Å². The number of amides is 1. The zero-order valence-corrected chi connectivity index (χ0v) is 16.6. The summed E-state index contributed by atoms with van der Waals surface area (Å²) in [4.78, 5) is 22.4. The average Bonchev–Trinajstić information content (AvgIpc) is 3.03. The third-order valence-electron chi connectivity index (χ3n) is 4.79. The van der Waals surface area contributed by atoms with Crippen molar-refractivity contribution in [3.05, 3.63) is 76.8 Å². The molecule has 7 heteroatoms. The molecular weight excluding hydrogens is 407 g/mol. The van der Waals surface area contributed by atoms with Crippen molar-refractivity contribution in [1.82, 2.24) is 14.5 Å². The second-order valence-electron chi connectivity index (χ2n) is 6.64. The van der Waals surface area contributed by atoms with Gasteiger partial charge in [-0.1, -0.05) is 59.6 Å². The van der Waals surface area contributed by atoms with E-state index in [-0.39, 0.29) is 12.5 Å². The Labute approximate surface area is 175 Å². The fraction of sp³-hybridized carbons (Fsp3) is 0.0455. The van der Waals surface area contributed by atoms with E-state index < -0.39 is 0 Å². The van der Waals surface area contributed by atoms with Crippen molar-refractivity contribution in [2.75, 3.05) is 5.32 Å². The van der Waals surface area contributed by atoms with E-state index >= 15 is 0 Å². The van der Waals surface area contributed by atoms with Crippen LogP contribution >= 0.6 is 23.2 Å². The van der Waals surface area contributed by atoms with Gasteiger partial charge in [-0.25, -0.2) is 9.97 Å². The molecule has 0 aliphatic heterocycles. The highest BCUT2D eigenvalue weighted by molar-refractivity contribution is 6.44. The van der Waals surface area contributed by atoms with Crippen LogP contribution in [0.2, 0.25) is 10.0 Å². The first-order valence-corrected chi connectivity index (χ1v) is 9.75. The van der Waals surface area contributed by atoms with Crippen LogP contribution in [0.4, 0.5) is 5.69 Å². The summed E-state index contributed by atoms with van der Waals surface area (Å²) in [5, 5.41) is 4.49. The predicted octanol–water partition coefficient (Wildman–Crippen LogP) is 5.68. The van der Waals surface area contributed by atoms with Gasteiger partial charge in [0.15, 0.2) is 5.65 Å². The Bertz CT molecular complexity index is 1410. The van der Waals surface area contributed by atoms with E-state index in [1.807, 2.05) is 53.1 Å². The largest absolute Gasteiger partial charge is 0.323 e. The summed E-state index contributed by atoms with van der Waals surface area (Å²) in [6.07, 6.45) is 0. The molecule has 2 aromatic heterocycles. The summed E-state index contributed by atoms with van der Waals surface area (Å²) >= 11 is 12.2. The number of para-hydroxylation sites is 3. The number of nitrogens with zero attached hydrogens (tertiary/aromatic N) is 3. The topological polar surface area (TPSA) is 59.8 Å². The van der Waals surface area contributed by atoms with Crippen molar-refractivity contribution in [2.24, 2.45) is 0 Å². The highest BCUT2D eigenvalue weighted by Crippen LogP contribution is 2.31. The number of benzene rings is 3. The monoisotopic (exact) mass is 420 g/mol. The smallest absolute Gasteiger partial charge is 0.244 e. The summed E-state index contributed by atoms with van der Waals surface area (Å²) in [5.41, 5.74) is 4.40. The Morgan fingerprint density at radius 2 is 1.62 bits per heavy atom. The number of rotatable bonds is 3. The van der Waals surface area contributed by atoms with E-state index in [2.05, 4.69) is 5.32 Å². The normalized spacial score (nSPS) is 11.4. The molecule has 1 amide bonds. The molecule has 3 aromatic carbocycles. The maximum atomic E-state index is 12.8. The second kappa shape index (κ2) is 7.03. The first-order valence-electron chi connectivity index (χ1n) is 8.99. The van der Waals surface area contributed by atoms with Crippen LogP contribution in [-0.4, -0.2) is 20.4 Å². The summed E-state index contributed by atoms with van der Waals surface area (Å²) in [7, 11) is 0. The first kappa shape index (κ1) is 17.9. The molecule has 0 atom stereocenters. The maximum absolute atomic E-state index is 12.8. The summed E-state index contributed by atoms with van der Waals surface area (Å²) < 4.78 is 1.87. The van der Waals surface area contributed by atoms with Gasteiger partial charge in [-0.3, -0.25) is 4.79 Å². The van der Waals surface area contributed by atoms with Gasteiger partial charge < -0.3 is 9.88 Å². The number of nitrogens with one attached hydrogen (secondary N) is 1. The third-order valence-corrected chi connectivity index (χ3v) is 5.60. The molecule has 0 radical (unpaired) electrons. The molecule has 5 nitrogen and oxygen atoms in total. The predicted molar refractivity (Wildman–Crippen MR) is 118 cm³/mol. The van der Waals surface area contributed by atoms with Gasteiger partial charge in [-0.05, 0) is 30.3 Å². The quantitative estimate of drug-likeness (QED) is 0.408. The number of carbonyl (C=O) groups excluding carboxylic acids is 1. The molecule has 142 valence electrons. The van der Waals surface area contributed by atoms with Crippen LogP contribution in [0.3, 0.4) is 0 Å². The van der Waals surface area contributed by atoms with E-state index in [0.717, 1.165) is 27.5 Å². The molecule has 0 aliphatic carbocycles. The van der Waals surface area contributed by atoms with Crippen LogP contribution in [0.5, 0.6) is 0 Å². The molecule has 0 unspecified atom stereocenters. The Morgan fingerprint density at radius 3 is 2.45 bits per heavy atom. The fourth-order valence-electron chi connectivity index (χ4n) is 3.48. The van der Waals surface area contributed by atoms with Crippen LogP contribution in [0.15, 0.2) is 66.7 Å². The average molecular weight is 421 g/mol. The molecule has 0 spiro atoms. The highest BCUT2D eigenvalue weighted by Gasteiger charge is 2.17. The van der Waals surface area contributed by atoms with E-state index in [1.54, 1.807) is 18.2 Å². The van der Waals surface area contributed by atoms with Crippen molar-refractivity contribution in [2.45, 2.75) is 6.54 Å². The summed E-state index contributed by atoms with van der Waals surface area (Å²) in [6, 6.07) is 20.7. The molecular formula is C22H14Cl2N4O. The number of aromatic nitrogens is 3. The number of halogens is 2. The molecule has 0 saturated heterocycles. The Morgan fingerprint density at radius 1 is 0.897 bits per heavy atom. The minimum atomic E-state index is -0.230. The fourth-order valence-corrected chi connectivity index (χ4v) is 3.82. The van der Waals surface area contributed by atoms with Crippen molar-refractivity contribution in [3.63, 3.8) is 0 Å². The van der Waals surface area contributed by atoms with Gasteiger partial charge in [-0.2, -0.15) is 0 Å². The standard InChI is InChI=1S/C22H14Cl2N4O/c23-14-7-5-10-17(20(14)24)25-19(29)12-28-18-11-4-1-6-13(18)21-22(28)27-16-9-3-2-8-15(16)26-21/h1-11H,12H2,(H,25,29). The zero-order valence-electron chi connectivity index (χ0n) is 15.1. The number of hydrogen-bond donors (Lipinski definition) is 1. The van der Waals surface area contributed by atoms with Gasteiger partial charge in [0.05, 0.1) is 32.3 Å². The van der Waals surface area contributed by atoms with Crippen LogP contribution < -0.4 is 5.32 Å². The van der Waals surface area contributed by atoms with Gasteiger partial charge in [0.2, 0.25) is 5.91 Å². The summed E-state index contributed by atoms with van der Waals surface area (Å²) in [6.45, 7) is 0.0693. The van der Waals surface area contributed by atoms with Crippen molar-refractivity contribution >= 4 is 67.9 Å². The second-order valence-corrected chi connectivity index (χ2v) is 7.42. The lowest BCUT2D eigenvalue weighted by Gasteiger charge is -2.10. The zero-order chi connectivity index (χ0) is 20.0. The number of fused-ring (bicyclic) bond motifs is 4. The number of carbonyl (C=O) groups is 1. The molecule has 0 aliphatic rings. The van der Waals surface area contributed by atoms with Crippen LogP contribution in [0, 0.1) is 0 Å². The molecule has 0 bridgehead atoms. The summed E-state index contributed by atoms with van der Waals surface area (Å²) in [5.74, 6) is -0.230. The molecule has 0 saturated carbocycles. The lowest BCUT2D eigenvalue weighted by atomic mass is 10.2. The number of hydrogen-bond acceptors (Lipinski definition) is 3. The van der Waals surface area contributed by atoms with E-state index in [0.29, 0.717) is 21.4 Å². The van der Waals surface area contributed by atoms with Crippen LogP contribution in [-0.2, 0) is 11.3 Å². The van der Waals surface area contributed by atoms with Gasteiger partial charge in [0.25, 0.3) is 0 Å². The molecule has 0 fully saturated rings. The van der Waals surface area contributed by atoms with Crippen molar-refractivity contribution in [1.29, 1.82) is 0 Å². The first-order chi connectivity index (χ1) is 14.1. The lowest BCUT2D eigenvalue weighted by molar-refractivity contribution is -0.116. The maximum Gasteiger partial charge on any atom is 0.244 e. The van der Waals surface area contributed by atoms with Gasteiger partial charge in [-0.15, -0.1) is 0 Å².